The molecule has 0 saturated heterocycles. The summed E-state index contributed by atoms with van der Waals surface area (Å²) in [4.78, 5) is 29.4. The van der Waals surface area contributed by atoms with Gasteiger partial charge in [-0.25, -0.2) is 0 Å². The first-order chi connectivity index (χ1) is 10.5. The number of amides is 1. The second-order valence-electron chi connectivity index (χ2n) is 5.02. The normalized spacial score (nSPS) is 11.1. The number of H-pyrrole nitrogens is 1. The highest BCUT2D eigenvalue weighted by Crippen LogP contribution is 2.15. The molecule has 118 valence electrons. The minimum Gasteiger partial charge on any atom is -0.350 e. The summed E-state index contributed by atoms with van der Waals surface area (Å²) in [7, 11) is 0. The van der Waals surface area contributed by atoms with Gasteiger partial charge in [0.1, 0.15) is 5.69 Å². The first kappa shape index (κ1) is 16.5. The number of rotatable bonds is 6. The van der Waals surface area contributed by atoms with Crippen LogP contribution in [0.15, 0.2) is 29.1 Å². The fourth-order valence-electron chi connectivity index (χ4n) is 2.30. The number of aromatic amines is 1. The summed E-state index contributed by atoms with van der Waals surface area (Å²) < 4.78 is 0. The van der Waals surface area contributed by atoms with Gasteiger partial charge in [0, 0.05) is 35.1 Å². The molecule has 0 saturated carbocycles. The van der Waals surface area contributed by atoms with Gasteiger partial charge in [0.15, 0.2) is 5.43 Å². The minimum absolute atomic E-state index is 0.217. The van der Waals surface area contributed by atoms with Gasteiger partial charge in [-0.3, -0.25) is 9.59 Å². The highest BCUT2D eigenvalue weighted by atomic mass is 35.5. The Morgan fingerprint density at radius 2 is 2.00 bits per heavy atom. The molecule has 2 aromatic rings. The third-order valence-electron chi connectivity index (χ3n) is 3.64. The predicted molar refractivity (Wildman–Crippen MR) is 89.7 cm³/mol. The third-order valence-corrected chi connectivity index (χ3v) is 3.88. The Morgan fingerprint density at radius 1 is 1.27 bits per heavy atom. The van der Waals surface area contributed by atoms with Gasteiger partial charge in [0.25, 0.3) is 5.91 Å². The molecule has 2 N–H and O–H groups in total. The Bertz CT molecular complexity index is 723. The van der Waals surface area contributed by atoms with E-state index in [1.165, 1.54) is 6.07 Å². The van der Waals surface area contributed by atoms with Crippen molar-refractivity contribution in [2.75, 3.05) is 26.2 Å². The summed E-state index contributed by atoms with van der Waals surface area (Å²) in [5.74, 6) is -0.277. The highest BCUT2D eigenvalue weighted by molar-refractivity contribution is 6.31. The van der Waals surface area contributed by atoms with Crippen LogP contribution in [0.3, 0.4) is 0 Å². The average molecular weight is 322 g/mol. The molecular formula is C16H20ClN3O2. The van der Waals surface area contributed by atoms with E-state index in [-0.39, 0.29) is 17.0 Å². The summed E-state index contributed by atoms with van der Waals surface area (Å²) in [5.41, 5.74) is 0.648. The minimum atomic E-state index is -0.277. The van der Waals surface area contributed by atoms with Crippen molar-refractivity contribution in [3.05, 3.63) is 45.2 Å². The van der Waals surface area contributed by atoms with Gasteiger partial charge >= 0.3 is 0 Å². The molecular weight excluding hydrogens is 302 g/mol. The van der Waals surface area contributed by atoms with Gasteiger partial charge in [-0.05, 0) is 31.3 Å². The predicted octanol–water partition coefficient (Wildman–Crippen LogP) is 2.25. The first-order valence-corrected chi connectivity index (χ1v) is 7.76. The maximum Gasteiger partial charge on any atom is 0.267 e. The lowest BCUT2D eigenvalue weighted by molar-refractivity contribution is 0.0944. The number of fused-ring (bicyclic) bond motifs is 1. The lowest BCUT2D eigenvalue weighted by Gasteiger charge is -2.17. The maximum absolute atomic E-state index is 12.1. The number of halogens is 1. The van der Waals surface area contributed by atoms with Crippen LogP contribution in [0.5, 0.6) is 0 Å². The van der Waals surface area contributed by atoms with Crippen LogP contribution in [0.1, 0.15) is 24.3 Å². The number of likely N-dealkylation sites (N-methyl/N-ethyl adjacent to an activating group) is 1. The van der Waals surface area contributed by atoms with Crippen molar-refractivity contribution in [1.29, 1.82) is 0 Å². The smallest absolute Gasteiger partial charge is 0.267 e. The molecule has 1 aromatic heterocycles. The van der Waals surface area contributed by atoms with E-state index < -0.39 is 0 Å². The van der Waals surface area contributed by atoms with Crippen molar-refractivity contribution in [2.24, 2.45) is 0 Å². The molecule has 0 spiro atoms. The van der Waals surface area contributed by atoms with Crippen LogP contribution >= 0.6 is 11.6 Å². The van der Waals surface area contributed by atoms with Crippen LogP contribution < -0.4 is 10.7 Å². The summed E-state index contributed by atoms with van der Waals surface area (Å²) in [6.07, 6.45) is 0. The molecule has 1 aromatic carbocycles. The molecule has 0 bridgehead atoms. The van der Waals surface area contributed by atoms with E-state index in [9.17, 15) is 9.59 Å². The highest BCUT2D eigenvalue weighted by Gasteiger charge is 2.10. The van der Waals surface area contributed by atoms with Gasteiger partial charge in [-0.15, -0.1) is 0 Å². The van der Waals surface area contributed by atoms with E-state index in [4.69, 9.17) is 11.6 Å². The molecule has 1 amide bonds. The van der Waals surface area contributed by atoms with E-state index in [0.29, 0.717) is 22.5 Å². The summed E-state index contributed by atoms with van der Waals surface area (Å²) >= 11 is 5.88. The second kappa shape index (κ2) is 7.42. The van der Waals surface area contributed by atoms with Crippen molar-refractivity contribution in [1.82, 2.24) is 15.2 Å². The van der Waals surface area contributed by atoms with Gasteiger partial charge in [0.2, 0.25) is 0 Å². The van der Waals surface area contributed by atoms with Crippen molar-refractivity contribution in [3.63, 3.8) is 0 Å². The lowest BCUT2D eigenvalue weighted by Crippen LogP contribution is -2.35. The molecule has 2 rings (SSSR count). The van der Waals surface area contributed by atoms with E-state index in [2.05, 4.69) is 29.0 Å². The molecule has 1 heterocycles. The Kier molecular flexibility index (Phi) is 5.57. The molecule has 6 heteroatoms. The van der Waals surface area contributed by atoms with E-state index in [1.807, 2.05) is 0 Å². The second-order valence-corrected chi connectivity index (χ2v) is 5.46. The van der Waals surface area contributed by atoms with E-state index in [0.717, 1.165) is 19.6 Å². The summed E-state index contributed by atoms with van der Waals surface area (Å²) in [6.45, 7) is 7.38. The quantitative estimate of drug-likeness (QED) is 0.857. The lowest BCUT2D eigenvalue weighted by atomic mass is 10.2. The number of benzene rings is 1. The summed E-state index contributed by atoms with van der Waals surface area (Å²) in [6, 6.07) is 6.29. The fourth-order valence-corrected chi connectivity index (χ4v) is 2.48. The SMILES string of the molecule is CCN(CC)CCNC(=O)c1cc(=O)c2cc(Cl)ccc2[nH]1. The monoisotopic (exact) mass is 321 g/mol. The molecule has 5 nitrogen and oxygen atoms in total. The van der Waals surface area contributed by atoms with Crippen LogP contribution in [0, 0.1) is 0 Å². The first-order valence-electron chi connectivity index (χ1n) is 7.38. The van der Waals surface area contributed by atoms with Gasteiger partial charge in [-0.1, -0.05) is 25.4 Å². The average Bonchev–Trinajstić information content (AvgIpc) is 2.52. The molecule has 0 radical (unpaired) electrons. The van der Waals surface area contributed by atoms with Crippen molar-refractivity contribution >= 4 is 28.4 Å². The zero-order valence-corrected chi connectivity index (χ0v) is 13.5. The fraction of sp³-hybridized carbons (Fsp3) is 0.375. The number of nitrogens with zero attached hydrogens (tertiary/aromatic N) is 1. The number of carbonyl (C=O) groups excluding carboxylic acids is 1. The van der Waals surface area contributed by atoms with Crippen LogP contribution in [-0.2, 0) is 0 Å². The Labute approximate surface area is 134 Å². The van der Waals surface area contributed by atoms with Gasteiger partial charge in [-0.2, -0.15) is 0 Å². The number of aromatic nitrogens is 1. The number of carbonyl (C=O) groups is 1. The molecule has 0 aliphatic heterocycles. The molecule has 0 fully saturated rings. The van der Waals surface area contributed by atoms with Gasteiger partial charge < -0.3 is 15.2 Å². The van der Waals surface area contributed by atoms with Crippen molar-refractivity contribution in [3.8, 4) is 0 Å². The standard InChI is InChI=1S/C16H20ClN3O2/c1-3-20(4-2)8-7-18-16(22)14-10-15(21)12-9-11(17)5-6-13(12)19-14/h5-6,9-10H,3-4,7-8H2,1-2H3,(H,18,22)(H,19,21). The van der Waals surface area contributed by atoms with Crippen LogP contribution in [0.4, 0.5) is 0 Å². The Morgan fingerprint density at radius 3 is 2.68 bits per heavy atom. The maximum atomic E-state index is 12.1. The third kappa shape index (κ3) is 3.87. The molecule has 22 heavy (non-hydrogen) atoms. The number of nitrogens with one attached hydrogen (secondary N) is 2. The Hall–Kier alpha value is -1.85. The summed E-state index contributed by atoms with van der Waals surface area (Å²) in [5, 5.41) is 3.80. The number of hydrogen-bond donors (Lipinski definition) is 2. The molecule has 0 aliphatic rings. The number of pyridine rings is 1. The van der Waals surface area contributed by atoms with Crippen LogP contribution in [-0.4, -0.2) is 42.0 Å². The van der Waals surface area contributed by atoms with Crippen LogP contribution in [0.2, 0.25) is 5.02 Å². The largest absolute Gasteiger partial charge is 0.350 e. The molecule has 0 atom stereocenters. The topological polar surface area (TPSA) is 65.2 Å². The van der Waals surface area contributed by atoms with Crippen molar-refractivity contribution < 1.29 is 4.79 Å². The zero-order valence-electron chi connectivity index (χ0n) is 12.8. The van der Waals surface area contributed by atoms with Gasteiger partial charge in [0.05, 0.1) is 0 Å². The Balaban J connectivity index is 2.12. The zero-order chi connectivity index (χ0) is 16.1. The number of hydrogen-bond acceptors (Lipinski definition) is 3. The van der Waals surface area contributed by atoms with Crippen LogP contribution in [0.25, 0.3) is 10.9 Å². The molecule has 0 unspecified atom stereocenters. The van der Waals surface area contributed by atoms with Crippen molar-refractivity contribution in [2.45, 2.75) is 13.8 Å². The molecule has 0 aliphatic carbocycles. The van der Waals surface area contributed by atoms with E-state index in [1.54, 1.807) is 18.2 Å². The van der Waals surface area contributed by atoms with E-state index >= 15 is 0 Å².